The summed E-state index contributed by atoms with van der Waals surface area (Å²) in [6.07, 6.45) is -1.70. The van der Waals surface area contributed by atoms with Crippen molar-refractivity contribution in [1.82, 2.24) is 9.97 Å². The van der Waals surface area contributed by atoms with Crippen LogP contribution < -0.4 is 10.6 Å². The molecule has 156 valence electrons. The molecule has 9 heteroatoms. The molecule has 0 aliphatic rings. The molecule has 0 saturated carbocycles. The first-order valence-corrected chi connectivity index (χ1v) is 9.02. The van der Waals surface area contributed by atoms with Crippen LogP contribution in [-0.2, 0) is 17.6 Å². The minimum Gasteiger partial charge on any atom is -0.392 e. The second-order valence-corrected chi connectivity index (χ2v) is 6.63. The van der Waals surface area contributed by atoms with Gasteiger partial charge in [0.1, 0.15) is 12.1 Å². The Bertz CT molecular complexity index is 1030. The van der Waals surface area contributed by atoms with E-state index in [2.05, 4.69) is 20.6 Å². The highest BCUT2D eigenvalue weighted by Crippen LogP contribution is 2.33. The van der Waals surface area contributed by atoms with Crippen LogP contribution in [0.4, 0.5) is 30.4 Å². The Morgan fingerprint density at radius 1 is 1.13 bits per heavy atom. The van der Waals surface area contributed by atoms with Crippen LogP contribution in [0, 0.1) is 0 Å². The lowest BCUT2D eigenvalue weighted by Gasteiger charge is -2.15. The molecule has 1 heterocycles. The predicted molar refractivity (Wildman–Crippen MR) is 106 cm³/mol. The van der Waals surface area contributed by atoms with Crippen LogP contribution >= 0.6 is 0 Å². The summed E-state index contributed by atoms with van der Waals surface area (Å²) in [6.45, 7) is 1.20. The number of hydrogen-bond acceptors (Lipinski definition) is 5. The average Bonchev–Trinajstić information content (AvgIpc) is 2.73. The first-order valence-electron chi connectivity index (χ1n) is 9.02. The normalized spacial score (nSPS) is 12.3. The standard InChI is InChI=1S/C21H19F3N4O2/c1-13(20(30)28-19-5-6-25-12-26-19)15-3-2-4-17(9-15)27-18-8-14(11-29)7-16(10-18)21(22,23)24/h2-10,12-13,27,29H,11H2,1H3,(H,25,26,28,30). The number of alkyl halides is 3. The summed E-state index contributed by atoms with van der Waals surface area (Å²) in [5, 5.41) is 14.9. The summed E-state index contributed by atoms with van der Waals surface area (Å²) in [4.78, 5) is 20.2. The number of aliphatic hydroxyl groups is 1. The van der Waals surface area contributed by atoms with Gasteiger partial charge in [0.15, 0.2) is 0 Å². The molecule has 3 N–H and O–H groups in total. The third-order valence-corrected chi connectivity index (χ3v) is 4.40. The molecular formula is C21H19F3N4O2. The zero-order chi connectivity index (χ0) is 21.7. The van der Waals surface area contributed by atoms with Gasteiger partial charge in [0.25, 0.3) is 0 Å². The Balaban J connectivity index is 1.79. The number of amides is 1. The Kier molecular flexibility index (Phi) is 6.31. The van der Waals surface area contributed by atoms with E-state index in [1.807, 2.05) is 0 Å². The summed E-state index contributed by atoms with van der Waals surface area (Å²) in [7, 11) is 0. The van der Waals surface area contributed by atoms with Crippen molar-refractivity contribution in [2.45, 2.75) is 25.6 Å². The molecule has 0 aliphatic heterocycles. The van der Waals surface area contributed by atoms with E-state index in [-0.39, 0.29) is 17.2 Å². The molecule has 1 atom stereocenters. The molecule has 1 unspecified atom stereocenters. The number of aliphatic hydroxyl groups excluding tert-OH is 1. The van der Waals surface area contributed by atoms with Crippen molar-refractivity contribution in [3.63, 3.8) is 0 Å². The molecule has 0 radical (unpaired) electrons. The molecule has 1 amide bonds. The SMILES string of the molecule is CC(C(=O)Nc1ccncn1)c1cccc(Nc2cc(CO)cc(C(F)(F)F)c2)c1. The van der Waals surface area contributed by atoms with Gasteiger partial charge in [-0.1, -0.05) is 12.1 Å². The highest BCUT2D eigenvalue weighted by Gasteiger charge is 2.31. The van der Waals surface area contributed by atoms with Gasteiger partial charge in [-0.15, -0.1) is 0 Å². The number of halogens is 3. The van der Waals surface area contributed by atoms with Crippen molar-refractivity contribution in [1.29, 1.82) is 0 Å². The van der Waals surface area contributed by atoms with Crippen LogP contribution in [0.2, 0.25) is 0 Å². The van der Waals surface area contributed by atoms with E-state index in [0.29, 0.717) is 17.1 Å². The zero-order valence-electron chi connectivity index (χ0n) is 15.9. The van der Waals surface area contributed by atoms with Crippen molar-refractivity contribution >= 4 is 23.1 Å². The Morgan fingerprint density at radius 2 is 1.93 bits per heavy atom. The van der Waals surface area contributed by atoms with Crippen molar-refractivity contribution in [2.24, 2.45) is 0 Å². The lowest BCUT2D eigenvalue weighted by Crippen LogP contribution is -2.19. The lowest BCUT2D eigenvalue weighted by molar-refractivity contribution is -0.137. The zero-order valence-corrected chi connectivity index (χ0v) is 15.9. The van der Waals surface area contributed by atoms with Gasteiger partial charge in [0.2, 0.25) is 5.91 Å². The van der Waals surface area contributed by atoms with Gasteiger partial charge in [-0.3, -0.25) is 4.79 Å². The Labute approximate surface area is 170 Å². The summed E-state index contributed by atoms with van der Waals surface area (Å²) >= 11 is 0. The molecular weight excluding hydrogens is 397 g/mol. The second-order valence-electron chi connectivity index (χ2n) is 6.63. The second kappa shape index (κ2) is 8.91. The molecule has 0 spiro atoms. The van der Waals surface area contributed by atoms with E-state index >= 15 is 0 Å². The van der Waals surface area contributed by atoms with E-state index in [9.17, 15) is 23.1 Å². The maximum absolute atomic E-state index is 13.1. The molecule has 3 aromatic rings. The van der Waals surface area contributed by atoms with E-state index in [1.54, 1.807) is 37.3 Å². The molecule has 0 fully saturated rings. The lowest BCUT2D eigenvalue weighted by atomic mass is 9.99. The number of benzene rings is 2. The fraction of sp³-hybridized carbons (Fsp3) is 0.190. The van der Waals surface area contributed by atoms with Gasteiger partial charge < -0.3 is 15.7 Å². The van der Waals surface area contributed by atoms with Crippen molar-refractivity contribution in [2.75, 3.05) is 10.6 Å². The number of aromatic nitrogens is 2. The number of rotatable bonds is 6. The van der Waals surface area contributed by atoms with Crippen molar-refractivity contribution in [3.05, 3.63) is 77.7 Å². The average molecular weight is 416 g/mol. The number of nitrogens with zero attached hydrogens (tertiary/aromatic N) is 2. The predicted octanol–water partition coefficient (Wildman–Crippen LogP) is 4.47. The topological polar surface area (TPSA) is 87.1 Å². The van der Waals surface area contributed by atoms with Crippen LogP contribution in [0.1, 0.15) is 29.5 Å². The smallest absolute Gasteiger partial charge is 0.392 e. The fourth-order valence-corrected chi connectivity index (χ4v) is 2.82. The minimum atomic E-state index is -4.53. The summed E-state index contributed by atoms with van der Waals surface area (Å²) in [5.41, 5.74) is 0.647. The minimum absolute atomic E-state index is 0.140. The van der Waals surface area contributed by atoms with Crippen molar-refractivity contribution < 1.29 is 23.1 Å². The number of anilines is 3. The maximum atomic E-state index is 13.1. The number of carbonyl (C=O) groups excluding carboxylic acids is 1. The third kappa shape index (κ3) is 5.32. The Hall–Kier alpha value is -3.46. The quantitative estimate of drug-likeness (QED) is 0.552. The summed E-state index contributed by atoms with van der Waals surface area (Å²) < 4.78 is 39.3. The molecule has 3 rings (SSSR count). The van der Waals surface area contributed by atoms with Gasteiger partial charge in [0.05, 0.1) is 18.1 Å². The van der Waals surface area contributed by atoms with E-state index in [4.69, 9.17) is 0 Å². The molecule has 0 aliphatic carbocycles. The van der Waals surface area contributed by atoms with E-state index in [1.165, 1.54) is 18.6 Å². The van der Waals surface area contributed by atoms with Crippen LogP contribution in [0.15, 0.2) is 61.1 Å². The largest absolute Gasteiger partial charge is 0.416 e. The van der Waals surface area contributed by atoms with Crippen LogP contribution in [-0.4, -0.2) is 21.0 Å². The summed E-state index contributed by atoms with van der Waals surface area (Å²) in [6, 6.07) is 11.7. The monoisotopic (exact) mass is 416 g/mol. The summed E-state index contributed by atoms with van der Waals surface area (Å²) in [5.74, 6) is -0.444. The molecule has 1 aromatic heterocycles. The Morgan fingerprint density at radius 3 is 2.60 bits per heavy atom. The van der Waals surface area contributed by atoms with Gasteiger partial charge >= 0.3 is 6.18 Å². The molecule has 2 aromatic carbocycles. The van der Waals surface area contributed by atoms with E-state index in [0.717, 1.165) is 12.1 Å². The van der Waals surface area contributed by atoms with Gasteiger partial charge in [0, 0.05) is 17.6 Å². The highest BCUT2D eigenvalue weighted by molar-refractivity contribution is 5.94. The van der Waals surface area contributed by atoms with Gasteiger partial charge in [-0.25, -0.2) is 9.97 Å². The third-order valence-electron chi connectivity index (χ3n) is 4.40. The molecule has 6 nitrogen and oxygen atoms in total. The van der Waals surface area contributed by atoms with Crippen LogP contribution in [0.25, 0.3) is 0 Å². The number of nitrogens with one attached hydrogen (secondary N) is 2. The van der Waals surface area contributed by atoms with Gasteiger partial charge in [-0.05, 0) is 54.4 Å². The fourth-order valence-electron chi connectivity index (χ4n) is 2.82. The van der Waals surface area contributed by atoms with E-state index < -0.39 is 24.3 Å². The first kappa shape index (κ1) is 21.3. The van der Waals surface area contributed by atoms with Gasteiger partial charge in [-0.2, -0.15) is 13.2 Å². The molecule has 0 bridgehead atoms. The molecule has 30 heavy (non-hydrogen) atoms. The highest BCUT2D eigenvalue weighted by atomic mass is 19.4. The van der Waals surface area contributed by atoms with Crippen molar-refractivity contribution in [3.8, 4) is 0 Å². The van der Waals surface area contributed by atoms with Crippen LogP contribution in [0.3, 0.4) is 0 Å². The van der Waals surface area contributed by atoms with Crippen LogP contribution in [0.5, 0.6) is 0 Å². The number of hydrogen-bond donors (Lipinski definition) is 3. The first-order chi connectivity index (χ1) is 14.3. The number of carbonyl (C=O) groups is 1. The maximum Gasteiger partial charge on any atom is 0.416 e. The molecule has 0 saturated heterocycles.